The van der Waals surface area contributed by atoms with Crippen molar-refractivity contribution in [3.05, 3.63) is 49.1 Å². The van der Waals surface area contributed by atoms with Crippen LogP contribution in [-0.2, 0) is 0 Å². The summed E-state index contributed by atoms with van der Waals surface area (Å²) in [5.74, 6) is 0. The summed E-state index contributed by atoms with van der Waals surface area (Å²) in [4.78, 5) is 7.44. The van der Waals surface area contributed by atoms with Crippen molar-refractivity contribution < 1.29 is 37.7 Å². The van der Waals surface area contributed by atoms with E-state index in [4.69, 9.17) is 0 Å². The van der Waals surface area contributed by atoms with Crippen LogP contribution in [0.2, 0.25) is 0 Å². The molecule has 0 amide bonds. The second kappa shape index (κ2) is 10.8. The van der Waals surface area contributed by atoms with Gasteiger partial charge in [-0.3, -0.25) is 0 Å². The summed E-state index contributed by atoms with van der Waals surface area (Å²) < 4.78 is 0. The Morgan fingerprint density at radius 2 is 0.750 bits per heavy atom. The van der Waals surface area contributed by atoms with E-state index in [0.29, 0.717) is 0 Å². The molecule has 52 valence electrons. The molecule has 0 saturated heterocycles. The zero-order chi connectivity index (χ0) is 7.07. The number of hydrogen-bond acceptors (Lipinski definition) is 0. The monoisotopic (exact) mass is 146 g/mol. The van der Waals surface area contributed by atoms with Gasteiger partial charge in [0.25, 0.3) is 0 Å². The Hall–Kier alpha value is -0.245. The van der Waals surface area contributed by atoms with Gasteiger partial charge in [-0.05, 0) is 0 Å². The molecular weight excluding hydrogens is 138 g/mol. The molecule has 0 radical (unpaired) electrons. The molecule has 0 N–H and O–H groups in total. The van der Waals surface area contributed by atoms with Crippen LogP contribution >= 0.6 is 0 Å². The van der Waals surface area contributed by atoms with Gasteiger partial charge in [-0.1, -0.05) is 24.3 Å². The molecule has 2 nitrogen and oxygen atoms in total. The van der Waals surface area contributed by atoms with Crippen LogP contribution in [-0.4, -0.2) is 0 Å². The maximum absolute atomic E-state index is 3.72. The molecule has 4 heteroatoms. The van der Waals surface area contributed by atoms with Crippen molar-refractivity contribution in [2.45, 2.75) is 0 Å². The van der Waals surface area contributed by atoms with Gasteiger partial charge in [0.2, 0.25) is 0 Å². The zero-order valence-electron chi connectivity index (χ0n) is 7.51. The normalized spacial score (nSPS) is 6.67. The maximum Gasteiger partial charge on any atom is 1.00 e. The van der Waals surface area contributed by atoms with E-state index in [0.717, 1.165) is 0 Å². The van der Waals surface area contributed by atoms with Gasteiger partial charge in [0.15, 0.2) is 0 Å². The van der Waals surface area contributed by atoms with Gasteiger partial charge in [0, 0.05) is 0 Å². The van der Waals surface area contributed by atoms with Crippen molar-refractivity contribution in [1.82, 2.24) is 9.97 Å². The Morgan fingerprint density at radius 1 is 0.500 bits per heavy atom. The minimum atomic E-state index is 0. The number of hydrogen-bond donors (Lipinski definition) is 0. The van der Waals surface area contributed by atoms with E-state index in [-0.39, 0.29) is 37.7 Å². The van der Waals surface area contributed by atoms with Crippen molar-refractivity contribution in [3.63, 3.8) is 0 Å². The van der Waals surface area contributed by atoms with Gasteiger partial charge in [-0.2, -0.15) is 24.8 Å². The second-order valence-electron chi connectivity index (χ2n) is 1.66. The first-order valence-corrected chi connectivity index (χ1v) is 3.03. The summed E-state index contributed by atoms with van der Waals surface area (Å²) in [7, 11) is 0. The first-order valence-electron chi connectivity index (χ1n) is 3.03. The van der Waals surface area contributed by atoms with Crippen LogP contribution in [0.15, 0.2) is 49.1 Å². The van der Waals surface area contributed by atoms with Crippen molar-refractivity contribution >= 4 is 0 Å². The van der Waals surface area contributed by atoms with E-state index in [1.807, 2.05) is 24.3 Å². The molecule has 2 heterocycles. The van der Waals surface area contributed by atoms with Crippen LogP contribution < -0.4 is 47.7 Å². The SMILES string of the molecule is [Li+].[Li+].c1cc[n-]c1.c1cc[n-]c1. The Labute approximate surface area is 96.5 Å². The van der Waals surface area contributed by atoms with Crippen LogP contribution in [0.3, 0.4) is 0 Å². The van der Waals surface area contributed by atoms with Crippen LogP contribution in [0, 0.1) is 0 Å². The summed E-state index contributed by atoms with van der Waals surface area (Å²) in [6.45, 7) is 0. The third-order valence-electron chi connectivity index (χ3n) is 0.911. The Bertz CT molecular complexity index is 154. The Balaban J connectivity index is 0. The Morgan fingerprint density at radius 3 is 0.833 bits per heavy atom. The van der Waals surface area contributed by atoms with E-state index in [9.17, 15) is 0 Å². The number of nitrogens with zero attached hydrogens (tertiary/aromatic N) is 2. The largest absolute Gasteiger partial charge is 1.00 e. The van der Waals surface area contributed by atoms with E-state index < -0.39 is 0 Å². The standard InChI is InChI=1S/2C4H4N.2Li/c2*1-2-4-5-3-1;;/h2*1-4H;;/q2*-1;2*+1. The van der Waals surface area contributed by atoms with E-state index >= 15 is 0 Å². The molecule has 0 aliphatic carbocycles. The van der Waals surface area contributed by atoms with Crippen LogP contribution in [0.1, 0.15) is 0 Å². The molecule has 0 atom stereocenters. The first kappa shape index (κ1) is 14.3. The summed E-state index contributed by atoms with van der Waals surface area (Å²) in [6, 6.07) is 7.56. The molecule has 12 heavy (non-hydrogen) atoms. The average Bonchev–Trinajstić information content (AvgIpc) is 2.67. The average molecular weight is 146 g/mol. The van der Waals surface area contributed by atoms with E-state index in [1.54, 1.807) is 24.8 Å². The number of rotatable bonds is 0. The van der Waals surface area contributed by atoms with Crippen molar-refractivity contribution in [3.8, 4) is 0 Å². The third kappa shape index (κ3) is 7.86. The predicted octanol–water partition coefficient (Wildman–Crippen LogP) is -4.70. The first-order chi connectivity index (χ1) is 5.00. The molecule has 0 saturated carbocycles. The molecule has 2 aromatic rings. The van der Waals surface area contributed by atoms with Gasteiger partial charge in [0.1, 0.15) is 0 Å². The molecule has 0 spiro atoms. The Kier molecular flexibility index (Phi) is 12.8. The van der Waals surface area contributed by atoms with Gasteiger partial charge >= 0.3 is 37.7 Å². The smallest absolute Gasteiger partial charge is 0.670 e. The fraction of sp³-hybridized carbons (Fsp3) is 0. The van der Waals surface area contributed by atoms with E-state index in [1.165, 1.54) is 0 Å². The van der Waals surface area contributed by atoms with E-state index in [2.05, 4.69) is 9.97 Å². The molecule has 0 aromatic carbocycles. The molecular formula is C8H8Li2N2. The van der Waals surface area contributed by atoms with Crippen molar-refractivity contribution in [2.24, 2.45) is 0 Å². The second-order valence-corrected chi connectivity index (χ2v) is 1.66. The summed E-state index contributed by atoms with van der Waals surface area (Å²) in [6.07, 6.45) is 7.00. The molecule has 2 aromatic heterocycles. The number of aromatic nitrogens is 2. The van der Waals surface area contributed by atoms with Crippen LogP contribution in [0.25, 0.3) is 0 Å². The minimum Gasteiger partial charge on any atom is -0.670 e. The molecule has 2 rings (SSSR count). The summed E-state index contributed by atoms with van der Waals surface area (Å²) in [5.41, 5.74) is 0. The zero-order valence-corrected chi connectivity index (χ0v) is 7.51. The molecule has 0 unspecified atom stereocenters. The maximum atomic E-state index is 3.72. The molecule has 0 aliphatic heterocycles. The topological polar surface area (TPSA) is 28.2 Å². The molecule has 0 fully saturated rings. The predicted molar refractivity (Wildman–Crippen MR) is 39.5 cm³/mol. The minimum absolute atomic E-state index is 0. The van der Waals surface area contributed by atoms with Gasteiger partial charge < -0.3 is 9.97 Å². The summed E-state index contributed by atoms with van der Waals surface area (Å²) in [5, 5.41) is 0. The summed E-state index contributed by atoms with van der Waals surface area (Å²) >= 11 is 0. The van der Waals surface area contributed by atoms with Crippen molar-refractivity contribution in [1.29, 1.82) is 0 Å². The molecule has 0 bridgehead atoms. The van der Waals surface area contributed by atoms with Gasteiger partial charge in [-0.25, -0.2) is 0 Å². The third-order valence-corrected chi connectivity index (χ3v) is 0.911. The quantitative estimate of drug-likeness (QED) is 0.349. The van der Waals surface area contributed by atoms with Crippen LogP contribution in [0.5, 0.6) is 0 Å². The fourth-order valence-electron chi connectivity index (χ4n) is 0.497. The molecule has 0 aliphatic rings. The fourth-order valence-corrected chi connectivity index (χ4v) is 0.497. The van der Waals surface area contributed by atoms with Gasteiger partial charge in [-0.15, -0.1) is 0 Å². The van der Waals surface area contributed by atoms with Crippen molar-refractivity contribution in [2.75, 3.05) is 0 Å². The van der Waals surface area contributed by atoms with Gasteiger partial charge in [0.05, 0.1) is 0 Å². The van der Waals surface area contributed by atoms with Crippen LogP contribution in [0.4, 0.5) is 0 Å².